The van der Waals surface area contributed by atoms with Gasteiger partial charge in [0.2, 0.25) is 0 Å². The number of aryl methyl sites for hydroxylation is 1. The largest absolute Gasteiger partial charge is 0.466 e. The Morgan fingerprint density at radius 1 is 1.33 bits per heavy atom. The van der Waals surface area contributed by atoms with Crippen molar-refractivity contribution in [3.8, 4) is 0 Å². The third kappa shape index (κ3) is 5.27. The molecule has 0 fully saturated rings. The molecule has 0 aliphatic rings. The molecule has 0 heterocycles. The van der Waals surface area contributed by atoms with Crippen molar-refractivity contribution in [3.63, 3.8) is 0 Å². The molecule has 0 saturated carbocycles. The zero-order valence-electron chi connectivity index (χ0n) is 12.7. The molecule has 0 radical (unpaired) electrons. The van der Waals surface area contributed by atoms with Crippen molar-refractivity contribution in [2.45, 2.75) is 39.7 Å². The van der Waals surface area contributed by atoms with Crippen LogP contribution in [0.1, 0.15) is 42.6 Å². The van der Waals surface area contributed by atoms with Gasteiger partial charge in [0, 0.05) is 5.56 Å². The van der Waals surface area contributed by atoms with E-state index in [-0.39, 0.29) is 24.6 Å². The lowest BCUT2D eigenvalue weighted by atomic mass is 9.99. The molecule has 1 unspecified atom stereocenters. The topological polar surface area (TPSA) is 55.4 Å². The van der Waals surface area contributed by atoms with Crippen LogP contribution in [0.25, 0.3) is 0 Å². The maximum atomic E-state index is 13.3. The molecule has 0 aliphatic heterocycles. The number of halogens is 1. The number of Topliss-reactive ketones (excluding diaryl/α,β-unsaturated/α-hetero) is 1. The Morgan fingerprint density at radius 2 is 2.05 bits per heavy atom. The number of benzene rings is 1. The molecule has 0 aromatic heterocycles. The molecule has 1 N–H and O–H groups in total. The van der Waals surface area contributed by atoms with Gasteiger partial charge in [-0.2, -0.15) is 0 Å². The molecule has 0 amide bonds. The fourth-order valence-electron chi connectivity index (χ4n) is 1.96. The fourth-order valence-corrected chi connectivity index (χ4v) is 1.96. The average Bonchev–Trinajstić information content (AvgIpc) is 2.46. The van der Waals surface area contributed by atoms with Crippen LogP contribution in [-0.4, -0.2) is 30.9 Å². The van der Waals surface area contributed by atoms with Crippen molar-refractivity contribution < 1.29 is 18.7 Å². The van der Waals surface area contributed by atoms with E-state index in [2.05, 4.69) is 5.32 Å². The summed E-state index contributed by atoms with van der Waals surface area (Å²) in [6.07, 6.45) is 0.818. The Morgan fingerprint density at radius 3 is 2.62 bits per heavy atom. The summed E-state index contributed by atoms with van der Waals surface area (Å²) in [7, 11) is 0. The molecule has 1 aromatic rings. The van der Waals surface area contributed by atoms with E-state index in [0.717, 1.165) is 6.42 Å². The first-order valence-electron chi connectivity index (χ1n) is 7.18. The minimum Gasteiger partial charge on any atom is -0.466 e. The van der Waals surface area contributed by atoms with Gasteiger partial charge in [0.05, 0.1) is 19.1 Å². The Bertz CT molecular complexity index is 502. The van der Waals surface area contributed by atoms with E-state index < -0.39 is 12.0 Å². The van der Waals surface area contributed by atoms with Crippen LogP contribution >= 0.6 is 0 Å². The zero-order valence-corrected chi connectivity index (χ0v) is 12.7. The molecule has 116 valence electrons. The number of ether oxygens (including phenoxy) is 1. The molecule has 1 aromatic carbocycles. The van der Waals surface area contributed by atoms with Crippen molar-refractivity contribution in [2.24, 2.45) is 0 Å². The molecule has 1 atom stereocenters. The number of ketones is 1. The predicted octanol–water partition coefficient (Wildman–Crippen LogP) is 2.64. The minimum atomic E-state index is -0.645. The van der Waals surface area contributed by atoms with Gasteiger partial charge in [-0.05, 0) is 50.6 Å². The molecular weight excluding hydrogens is 273 g/mol. The maximum Gasteiger partial charge on any atom is 0.307 e. The quantitative estimate of drug-likeness (QED) is 0.592. The van der Waals surface area contributed by atoms with Crippen molar-refractivity contribution in [2.75, 3.05) is 13.2 Å². The van der Waals surface area contributed by atoms with Gasteiger partial charge in [0.25, 0.3) is 0 Å². The van der Waals surface area contributed by atoms with Gasteiger partial charge in [0.1, 0.15) is 5.82 Å². The van der Waals surface area contributed by atoms with Crippen LogP contribution in [0, 0.1) is 12.7 Å². The highest BCUT2D eigenvalue weighted by Crippen LogP contribution is 2.13. The minimum absolute atomic E-state index is 0.0247. The molecule has 4 nitrogen and oxygen atoms in total. The second-order valence-corrected chi connectivity index (χ2v) is 4.84. The van der Waals surface area contributed by atoms with E-state index in [0.29, 0.717) is 17.7 Å². The van der Waals surface area contributed by atoms with Gasteiger partial charge in [-0.15, -0.1) is 0 Å². The van der Waals surface area contributed by atoms with E-state index in [1.807, 2.05) is 6.92 Å². The summed E-state index contributed by atoms with van der Waals surface area (Å²) < 4.78 is 18.2. The van der Waals surface area contributed by atoms with E-state index in [4.69, 9.17) is 4.74 Å². The molecule has 0 bridgehead atoms. The van der Waals surface area contributed by atoms with Crippen molar-refractivity contribution in [3.05, 3.63) is 35.1 Å². The monoisotopic (exact) mass is 295 g/mol. The first kappa shape index (κ1) is 17.3. The van der Waals surface area contributed by atoms with Crippen LogP contribution in [-0.2, 0) is 9.53 Å². The maximum absolute atomic E-state index is 13.3. The number of carbonyl (C=O) groups excluding carboxylic acids is 2. The van der Waals surface area contributed by atoms with Crippen LogP contribution < -0.4 is 5.32 Å². The van der Waals surface area contributed by atoms with Crippen LogP contribution in [0.15, 0.2) is 18.2 Å². The summed E-state index contributed by atoms with van der Waals surface area (Å²) in [5, 5.41) is 3.05. The molecule has 5 heteroatoms. The summed E-state index contributed by atoms with van der Waals surface area (Å²) in [6, 6.07) is 3.57. The van der Waals surface area contributed by atoms with Gasteiger partial charge in [-0.3, -0.25) is 9.59 Å². The summed E-state index contributed by atoms with van der Waals surface area (Å²) in [4.78, 5) is 24.1. The van der Waals surface area contributed by atoms with Crippen LogP contribution in [0.3, 0.4) is 0 Å². The van der Waals surface area contributed by atoms with Crippen LogP contribution in [0.4, 0.5) is 4.39 Å². The number of esters is 1. The lowest BCUT2D eigenvalue weighted by Crippen LogP contribution is -2.39. The van der Waals surface area contributed by atoms with E-state index in [1.54, 1.807) is 13.8 Å². The van der Waals surface area contributed by atoms with Crippen LogP contribution in [0.5, 0.6) is 0 Å². The highest BCUT2D eigenvalue weighted by atomic mass is 19.1. The van der Waals surface area contributed by atoms with Gasteiger partial charge in [0.15, 0.2) is 5.78 Å². The second-order valence-electron chi connectivity index (χ2n) is 4.84. The Labute approximate surface area is 124 Å². The molecule has 0 saturated heterocycles. The predicted molar refractivity (Wildman–Crippen MR) is 78.8 cm³/mol. The van der Waals surface area contributed by atoms with Gasteiger partial charge < -0.3 is 10.1 Å². The summed E-state index contributed by atoms with van der Waals surface area (Å²) in [5.74, 6) is -0.993. The third-order valence-electron chi connectivity index (χ3n) is 3.08. The number of hydrogen-bond acceptors (Lipinski definition) is 4. The van der Waals surface area contributed by atoms with Crippen molar-refractivity contribution in [1.29, 1.82) is 0 Å². The number of carbonyl (C=O) groups is 2. The first-order valence-corrected chi connectivity index (χ1v) is 7.18. The lowest BCUT2D eigenvalue weighted by molar-refractivity contribution is -0.143. The number of nitrogens with one attached hydrogen (secondary N) is 1. The third-order valence-corrected chi connectivity index (χ3v) is 3.08. The molecule has 1 rings (SSSR count). The normalized spacial score (nSPS) is 12.0. The molecule has 21 heavy (non-hydrogen) atoms. The Kier molecular flexibility index (Phi) is 7.02. The summed E-state index contributed by atoms with van der Waals surface area (Å²) in [5.41, 5.74) is 0.804. The van der Waals surface area contributed by atoms with Gasteiger partial charge >= 0.3 is 5.97 Å². The van der Waals surface area contributed by atoms with Gasteiger partial charge in [-0.25, -0.2) is 4.39 Å². The van der Waals surface area contributed by atoms with Gasteiger partial charge in [-0.1, -0.05) is 6.92 Å². The highest BCUT2D eigenvalue weighted by molar-refractivity contribution is 6.02. The van der Waals surface area contributed by atoms with E-state index in [1.165, 1.54) is 18.2 Å². The molecular formula is C16H22FNO3. The average molecular weight is 295 g/mol. The molecule has 0 spiro atoms. The first-order chi connectivity index (χ1) is 9.99. The van der Waals surface area contributed by atoms with Crippen molar-refractivity contribution >= 4 is 11.8 Å². The number of rotatable bonds is 8. The van der Waals surface area contributed by atoms with E-state index in [9.17, 15) is 14.0 Å². The summed E-state index contributed by atoms with van der Waals surface area (Å²) in [6.45, 7) is 6.20. The Hall–Kier alpha value is -1.75. The second kappa shape index (κ2) is 8.52. The summed E-state index contributed by atoms with van der Waals surface area (Å²) >= 11 is 0. The van der Waals surface area contributed by atoms with Crippen molar-refractivity contribution in [1.82, 2.24) is 5.32 Å². The Balaban J connectivity index is 2.87. The fraction of sp³-hybridized carbons (Fsp3) is 0.500. The highest BCUT2D eigenvalue weighted by Gasteiger charge is 2.23. The number of hydrogen-bond donors (Lipinski definition) is 1. The standard InChI is InChI=1S/C16H22FNO3/c1-4-8-18-14(10-15(19)21-5-2)16(20)12-6-7-13(17)11(3)9-12/h6-7,9,14,18H,4-5,8,10H2,1-3H3. The lowest BCUT2D eigenvalue weighted by Gasteiger charge is -2.17. The SMILES string of the molecule is CCCNC(CC(=O)OCC)C(=O)c1ccc(F)c(C)c1. The van der Waals surface area contributed by atoms with Crippen LogP contribution in [0.2, 0.25) is 0 Å². The smallest absolute Gasteiger partial charge is 0.307 e. The van der Waals surface area contributed by atoms with E-state index >= 15 is 0 Å². The zero-order chi connectivity index (χ0) is 15.8. The molecule has 0 aliphatic carbocycles.